The van der Waals surface area contributed by atoms with E-state index in [1.807, 2.05) is 16.7 Å². The van der Waals surface area contributed by atoms with Crippen molar-refractivity contribution in [2.75, 3.05) is 5.32 Å². The Balaban J connectivity index is 2.04. The van der Waals surface area contributed by atoms with E-state index in [1.54, 1.807) is 26.8 Å². The molecule has 0 radical (unpaired) electrons. The topological polar surface area (TPSA) is 71.5 Å². The maximum atomic E-state index is 12.6. The Morgan fingerprint density at radius 2 is 2.21 bits per heavy atom. The first-order valence-corrected chi connectivity index (χ1v) is 8.23. The number of carbonyl (C=O) groups excluding carboxylic acids is 1. The van der Waals surface area contributed by atoms with Crippen LogP contribution in [0, 0.1) is 12.0 Å². The van der Waals surface area contributed by atoms with E-state index < -0.39 is 11.5 Å². The largest absolute Gasteiger partial charge is 0.392 e. The molecule has 2 N–H and O–H groups in total. The second-order valence-corrected chi connectivity index (χ2v) is 7.03. The third-order valence-corrected chi connectivity index (χ3v) is 5.10. The molecule has 6 nitrogen and oxygen atoms in total. The lowest BCUT2D eigenvalue weighted by molar-refractivity contribution is -0.129. The molecule has 0 aliphatic heterocycles. The van der Waals surface area contributed by atoms with Gasteiger partial charge in [0, 0.05) is 6.04 Å². The van der Waals surface area contributed by atoms with Gasteiger partial charge in [-0.15, -0.1) is 0 Å². The summed E-state index contributed by atoms with van der Waals surface area (Å²) < 4.78 is 2.03. The highest BCUT2D eigenvalue weighted by Gasteiger charge is 2.34. The van der Waals surface area contributed by atoms with E-state index in [2.05, 4.69) is 15.1 Å². The summed E-state index contributed by atoms with van der Waals surface area (Å²) in [5.41, 5.74) is 1.28. The fourth-order valence-corrected chi connectivity index (χ4v) is 2.71. The summed E-state index contributed by atoms with van der Waals surface area (Å²) in [7, 11) is 0. The summed E-state index contributed by atoms with van der Waals surface area (Å²) in [5.74, 6) is 0.231. The smallest absolute Gasteiger partial charge is 0.234 e. The Morgan fingerprint density at radius 1 is 1.50 bits per heavy atom. The number of nitrogens with one attached hydrogen (secondary N) is 1. The molecule has 24 heavy (non-hydrogen) atoms. The highest BCUT2D eigenvalue weighted by molar-refractivity contribution is 5.96. The predicted octanol–water partition coefficient (Wildman–Crippen LogP) is 3.66. The van der Waals surface area contributed by atoms with Crippen LogP contribution in [-0.4, -0.2) is 26.7 Å². The number of hydrogen-bond donors (Lipinski definition) is 2. The molecule has 0 spiro atoms. The van der Waals surface area contributed by atoms with Gasteiger partial charge in [-0.3, -0.25) is 10.1 Å². The zero-order valence-corrected chi connectivity index (χ0v) is 14.2. The van der Waals surface area contributed by atoms with E-state index in [1.165, 1.54) is 0 Å². The molecular weight excluding hydrogens is 304 g/mol. The van der Waals surface area contributed by atoms with Crippen LogP contribution in [0.1, 0.15) is 46.1 Å². The molecule has 1 atom stereocenters. The maximum Gasteiger partial charge on any atom is 0.234 e. The molecule has 1 amide bonds. The van der Waals surface area contributed by atoms with E-state index >= 15 is 0 Å². The van der Waals surface area contributed by atoms with Gasteiger partial charge in [0.1, 0.15) is 0 Å². The summed E-state index contributed by atoms with van der Waals surface area (Å²) in [4.78, 5) is 20.6. The number of benzene rings is 1. The summed E-state index contributed by atoms with van der Waals surface area (Å²) in [6.45, 7) is 12.2. The SMILES string of the molecule is [C-]#[N+]c1ccc2nc(NC(=O)C(C)(C)C(C)O)n(C3CCC3)c2c1. The van der Waals surface area contributed by atoms with Crippen molar-refractivity contribution in [3.63, 3.8) is 0 Å². The number of aliphatic hydroxyl groups is 1. The van der Waals surface area contributed by atoms with Crippen LogP contribution >= 0.6 is 0 Å². The number of hydrogen-bond acceptors (Lipinski definition) is 3. The molecule has 1 aromatic carbocycles. The van der Waals surface area contributed by atoms with Crippen LogP contribution in [0.5, 0.6) is 0 Å². The first-order valence-electron chi connectivity index (χ1n) is 8.23. The van der Waals surface area contributed by atoms with Crippen molar-refractivity contribution < 1.29 is 9.90 Å². The summed E-state index contributed by atoms with van der Waals surface area (Å²) in [5, 5.41) is 12.7. The summed E-state index contributed by atoms with van der Waals surface area (Å²) >= 11 is 0. The molecule has 1 unspecified atom stereocenters. The van der Waals surface area contributed by atoms with Crippen LogP contribution < -0.4 is 5.32 Å². The summed E-state index contributed by atoms with van der Waals surface area (Å²) in [6, 6.07) is 5.66. The number of aliphatic hydroxyl groups excluding tert-OH is 1. The standard InChI is InChI=1S/C18H22N4O2/c1-11(23)18(2,3)16(24)21-17-20-14-9-8-12(19-4)10-15(14)22(17)13-6-5-7-13/h8-11,13,23H,5-7H2,1-3H3,(H,20,21,24). The molecule has 1 saturated carbocycles. The molecule has 126 valence electrons. The van der Waals surface area contributed by atoms with Crippen LogP contribution in [-0.2, 0) is 4.79 Å². The van der Waals surface area contributed by atoms with E-state index in [0.29, 0.717) is 17.7 Å². The highest BCUT2D eigenvalue weighted by atomic mass is 16.3. The van der Waals surface area contributed by atoms with Crippen molar-refractivity contribution in [2.45, 2.75) is 52.2 Å². The first-order chi connectivity index (χ1) is 11.3. The van der Waals surface area contributed by atoms with Crippen molar-refractivity contribution >= 4 is 28.6 Å². The first kappa shape index (κ1) is 16.5. The van der Waals surface area contributed by atoms with Crippen LogP contribution in [0.2, 0.25) is 0 Å². The number of amides is 1. The molecule has 6 heteroatoms. The lowest BCUT2D eigenvalue weighted by Crippen LogP contribution is -2.40. The number of rotatable bonds is 4. The molecule has 3 rings (SSSR count). The van der Waals surface area contributed by atoms with Gasteiger partial charge >= 0.3 is 0 Å². The van der Waals surface area contributed by atoms with Crippen molar-refractivity contribution in [1.82, 2.24) is 9.55 Å². The average molecular weight is 326 g/mol. The second-order valence-electron chi connectivity index (χ2n) is 7.03. The minimum atomic E-state index is -0.912. The van der Waals surface area contributed by atoms with Crippen molar-refractivity contribution in [1.29, 1.82) is 0 Å². The Labute approximate surface area is 141 Å². The van der Waals surface area contributed by atoms with Gasteiger partial charge in [0.2, 0.25) is 11.9 Å². The number of imidazole rings is 1. The Kier molecular flexibility index (Phi) is 4.06. The Bertz CT molecular complexity index is 825. The minimum Gasteiger partial charge on any atom is -0.392 e. The molecule has 1 fully saturated rings. The Morgan fingerprint density at radius 3 is 2.75 bits per heavy atom. The van der Waals surface area contributed by atoms with Crippen molar-refractivity contribution in [2.24, 2.45) is 5.41 Å². The summed E-state index contributed by atoms with van der Waals surface area (Å²) in [6.07, 6.45) is 2.46. The zero-order chi connectivity index (χ0) is 17.5. The van der Waals surface area contributed by atoms with Gasteiger partial charge in [0.25, 0.3) is 0 Å². The molecule has 0 bridgehead atoms. The fourth-order valence-electron chi connectivity index (χ4n) is 2.71. The molecule has 1 aliphatic carbocycles. The molecular formula is C18H22N4O2. The van der Waals surface area contributed by atoms with E-state index in [-0.39, 0.29) is 5.91 Å². The zero-order valence-electron chi connectivity index (χ0n) is 14.2. The van der Waals surface area contributed by atoms with Gasteiger partial charge in [0.15, 0.2) is 5.69 Å². The van der Waals surface area contributed by atoms with Gasteiger partial charge in [-0.2, -0.15) is 0 Å². The number of anilines is 1. The van der Waals surface area contributed by atoms with Crippen LogP contribution in [0.4, 0.5) is 11.6 Å². The second kappa shape index (κ2) is 5.91. The van der Waals surface area contributed by atoms with Gasteiger partial charge in [-0.1, -0.05) is 6.07 Å². The third kappa shape index (κ3) is 2.65. The number of carbonyl (C=O) groups is 1. The minimum absolute atomic E-state index is 0.265. The van der Waals surface area contributed by atoms with Gasteiger partial charge < -0.3 is 9.67 Å². The van der Waals surface area contributed by atoms with Gasteiger partial charge in [-0.25, -0.2) is 9.83 Å². The maximum absolute atomic E-state index is 12.6. The van der Waals surface area contributed by atoms with Crippen LogP contribution in [0.15, 0.2) is 18.2 Å². The quantitative estimate of drug-likeness (QED) is 0.842. The van der Waals surface area contributed by atoms with E-state index in [9.17, 15) is 9.90 Å². The third-order valence-electron chi connectivity index (χ3n) is 5.10. The van der Waals surface area contributed by atoms with Gasteiger partial charge in [0.05, 0.1) is 29.1 Å². The highest BCUT2D eigenvalue weighted by Crippen LogP contribution is 2.38. The van der Waals surface area contributed by atoms with E-state index in [4.69, 9.17) is 6.57 Å². The van der Waals surface area contributed by atoms with Crippen molar-refractivity contribution in [3.8, 4) is 0 Å². The Hall–Kier alpha value is -2.39. The van der Waals surface area contributed by atoms with Gasteiger partial charge in [-0.05, 0) is 52.2 Å². The number of aromatic nitrogens is 2. The number of nitrogens with zero attached hydrogens (tertiary/aromatic N) is 3. The molecule has 1 aliphatic rings. The average Bonchev–Trinajstić information content (AvgIpc) is 2.82. The molecule has 2 aromatic rings. The molecule has 0 saturated heterocycles. The lowest BCUT2D eigenvalue weighted by Gasteiger charge is -2.31. The predicted molar refractivity (Wildman–Crippen MR) is 93.0 cm³/mol. The van der Waals surface area contributed by atoms with Crippen LogP contribution in [0.3, 0.4) is 0 Å². The van der Waals surface area contributed by atoms with E-state index in [0.717, 1.165) is 30.3 Å². The number of fused-ring (bicyclic) bond motifs is 1. The lowest BCUT2D eigenvalue weighted by atomic mass is 9.86. The molecule has 1 aromatic heterocycles. The van der Waals surface area contributed by atoms with Crippen molar-refractivity contribution in [3.05, 3.63) is 29.6 Å². The van der Waals surface area contributed by atoms with Crippen LogP contribution in [0.25, 0.3) is 15.9 Å². The monoisotopic (exact) mass is 326 g/mol. The fraction of sp³-hybridized carbons (Fsp3) is 0.500. The normalized spacial score (nSPS) is 16.5. The molecule has 1 heterocycles.